The van der Waals surface area contributed by atoms with Gasteiger partial charge < -0.3 is 5.32 Å². The van der Waals surface area contributed by atoms with Gasteiger partial charge in [-0.25, -0.2) is 0 Å². The number of nitrogens with one attached hydrogen (secondary N) is 1. The SMILES string of the molecule is CCCNC(c1cc2ccccc2s1)c1sc(C)cc1C. The molecule has 1 atom stereocenters. The fraction of sp³-hybridized carbons (Fsp3) is 0.333. The number of thiophene rings is 2. The molecule has 0 aliphatic carbocycles. The Balaban J connectivity index is 2.04. The average Bonchev–Trinajstić information content (AvgIpc) is 3.03. The van der Waals surface area contributed by atoms with Gasteiger partial charge in [0.05, 0.1) is 6.04 Å². The zero-order valence-corrected chi connectivity index (χ0v) is 14.4. The highest BCUT2D eigenvalue weighted by Crippen LogP contribution is 2.37. The second-order valence-electron chi connectivity index (χ2n) is 5.48. The molecular weight excluding hydrogens is 294 g/mol. The fourth-order valence-electron chi connectivity index (χ4n) is 2.70. The van der Waals surface area contributed by atoms with Crippen molar-refractivity contribution < 1.29 is 0 Å². The van der Waals surface area contributed by atoms with E-state index in [1.165, 1.54) is 30.3 Å². The average molecular weight is 316 g/mol. The van der Waals surface area contributed by atoms with Gasteiger partial charge >= 0.3 is 0 Å². The van der Waals surface area contributed by atoms with Crippen LogP contribution in [0.2, 0.25) is 0 Å². The van der Waals surface area contributed by atoms with E-state index in [4.69, 9.17) is 0 Å². The summed E-state index contributed by atoms with van der Waals surface area (Å²) in [5.41, 5.74) is 1.41. The first-order valence-electron chi connectivity index (χ1n) is 7.48. The molecule has 0 spiro atoms. The highest BCUT2D eigenvalue weighted by molar-refractivity contribution is 7.19. The summed E-state index contributed by atoms with van der Waals surface area (Å²) in [4.78, 5) is 4.29. The van der Waals surface area contributed by atoms with Crippen LogP contribution in [0.1, 0.15) is 39.6 Å². The number of hydrogen-bond donors (Lipinski definition) is 1. The predicted octanol–water partition coefficient (Wildman–Crippen LogP) is 5.67. The van der Waals surface area contributed by atoms with E-state index in [9.17, 15) is 0 Å². The first kappa shape index (κ1) is 14.8. The Morgan fingerprint density at radius 2 is 1.90 bits per heavy atom. The van der Waals surface area contributed by atoms with Crippen molar-refractivity contribution in [2.24, 2.45) is 0 Å². The normalized spacial score (nSPS) is 12.9. The van der Waals surface area contributed by atoms with E-state index in [0.717, 1.165) is 13.0 Å². The zero-order chi connectivity index (χ0) is 14.8. The maximum atomic E-state index is 3.74. The van der Waals surface area contributed by atoms with Gasteiger partial charge in [0.1, 0.15) is 0 Å². The predicted molar refractivity (Wildman–Crippen MR) is 95.8 cm³/mol. The molecule has 0 fully saturated rings. The Morgan fingerprint density at radius 3 is 2.57 bits per heavy atom. The van der Waals surface area contributed by atoms with Crippen molar-refractivity contribution in [1.29, 1.82) is 0 Å². The minimum absolute atomic E-state index is 0.334. The molecule has 3 heteroatoms. The Kier molecular flexibility index (Phi) is 4.43. The van der Waals surface area contributed by atoms with E-state index in [0.29, 0.717) is 6.04 Å². The number of benzene rings is 1. The highest BCUT2D eigenvalue weighted by Gasteiger charge is 2.20. The highest BCUT2D eigenvalue weighted by atomic mass is 32.1. The van der Waals surface area contributed by atoms with E-state index in [1.54, 1.807) is 0 Å². The summed E-state index contributed by atoms with van der Waals surface area (Å²) < 4.78 is 1.38. The van der Waals surface area contributed by atoms with Crippen LogP contribution in [0.15, 0.2) is 36.4 Å². The van der Waals surface area contributed by atoms with Gasteiger partial charge in [-0.05, 0) is 56.0 Å². The third-order valence-electron chi connectivity index (χ3n) is 3.67. The second-order valence-corrected chi connectivity index (χ2v) is 7.88. The maximum Gasteiger partial charge on any atom is 0.0768 e. The molecule has 110 valence electrons. The molecule has 0 saturated heterocycles. The lowest BCUT2D eigenvalue weighted by Gasteiger charge is -2.17. The van der Waals surface area contributed by atoms with Crippen molar-refractivity contribution in [3.63, 3.8) is 0 Å². The lowest BCUT2D eigenvalue weighted by Crippen LogP contribution is -2.22. The summed E-state index contributed by atoms with van der Waals surface area (Å²) >= 11 is 3.83. The van der Waals surface area contributed by atoms with Crippen molar-refractivity contribution in [2.45, 2.75) is 33.2 Å². The Morgan fingerprint density at radius 1 is 1.10 bits per heavy atom. The first-order chi connectivity index (χ1) is 10.2. The molecule has 0 saturated carbocycles. The van der Waals surface area contributed by atoms with Crippen LogP contribution in [0, 0.1) is 13.8 Å². The van der Waals surface area contributed by atoms with Gasteiger partial charge in [-0.2, -0.15) is 0 Å². The minimum atomic E-state index is 0.334. The third kappa shape index (κ3) is 3.05. The van der Waals surface area contributed by atoms with Gasteiger partial charge in [-0.3, -0.25) is 0 Å². The van der Waals surface area contributed by atoms with E-state index in [-0.39, 0.29) is 0 Å². The van der Waals surface area contributed by atoms with Gasteiger partial charge in [0.25, 0.3) is 0 Å². The van der Waals surface area contributed by atoms with E-state index >= 15 is 0 Å². The van der Waals surface area contributed by atoms with Gasteiger partial charge in [-0.15, -0.1) is 22.7 Å². The Hall–Kier alpha value is -1.16. The van der Waals surface area contributed by atoms with Crippen LogP contribution in [0.4, 0.5) is 0 Å². The van der Waals surface area contributed by atoms with Crippen molar-refractivity contribution in [3.05, 3.63) is 56.6 Å². The van der Waals surface area contributed by atoms with Crippen LogP contribution in [0.25, 0.3) is 10.1 Å². The molecule has 1 N–H and O–H groups in total. The molecule has 1 nitrogen and oxygen atoms in total. The van der Waals surface area contributed by atoms with Crippen LogP contribution in [0.5, 0.6) is 0 Å². The maximum absolute atomic E-state index is 3.74. The van der Waals surface area contributed by atoms with Crippen molar-refractivity contribution in [2.75, 3.05) is 6.54 Å². The molecule has 1 aromatic carbocycles. The second kappa shape index (κ2) is 6.30. The number of aryl methyl sites for hydroxylation is 2. The number of hydrogen-bond acceptors (Lipinski definition) is 3. The van der Waals surface area contributed by atoms with Crippen LogP contribution in [0.3, 0.4) is 0 Å². The molecule has 0 aliphatic rings. The minimum Gasteiger partial charge on any atom is -0.305 e. The standard InChI is InChI=1S/C18H21NS2/c1-4-9-19-17(18-12(2)10-13(3)20-18)16-11-14-7-5-6-8-15(14)21-16/h5-8,10-11,17,19H,4,9H2,1-3H3. The third-order valence-corrected chi connectivity index (χ3v) is 6.07. The molecule has 21 heavy (non-hydrogen) atoms. The van der Waals surface area contributed by atoms with Crippen LogP contribution >= 0.6 is 22.7 Å². The summed E-state index contributed by atoms with van der Waals surface area (Å²) in [6, 6.07) is 13.6. The molecule has 0 aliphatic heterocycles. The molecule has 1 unspecified atom stereocenters. The molecule has 3 rings (SSSR count). The first-order valence-corrected chi connectivity index (χ1v) is 9.11. The van der Waals surface area contributed by atoms with Gasteiger partial charge in [0.15, 0.2) is 0 Å². The van der Waals surface area contributed by atoms with Crippen molar-refractivity contribution in [3.8, 4) is 0 Å². The lowest BCUT2D eigenvalue weighted by atomic mass is 10.1. The summed E-state index contributed by atoms with van der Waals surface area (Å²) in [7, 11) is 0. The van der Waals surface area contributed by atoms with Crippen molar-refractivity contribution >= 4 is 32.8 Å². The Labute approximate surface area is 134 Å². The molecule has 0 radical (unpaired) electrons. The van der Waals surface area contributed by atoms with Crippen LogP contribution < -0.4 is 5.32 Å². The molecule has 3 aromatic rings. The Bertz CT molecular complexity index is 706. The molecule has 2 heterocycles. The quantitative estimate of drug-likeness (QED) is 0.640. The zero-order valence-electron chi connectivity index (χ0n) is 12.8. The monoisotopic (exact) mass is 315 g/mol. The topological polar surface area (TPSA) is 12.0 Å². The summed E-state index contributed by atoms with van der Waals surface area (Å²) in [6.45, 7) is 7.70. The van der Waals surface area contributed by atoms with Crippen LogP contribution in [-0.2, 0) is 0 Å². The lowest BCUT2D eigenvalue weighted by molar-refractivity contribution is 0.611. The van der Waals surface area contributed by atoms with E-state index in [2.05, 4.69) is 62.5 Å². The van der Waals surface area contributed by atoms with Crippen LogP contribution in [-0.4, -0.2) is 6.54 Å². The van der Waals surface area contributed by atoms with E-state index < -0.39 is 0 Å². The van der Waals surface area contributed by atoms with Gasteiger partial charge in [-0.1, -0.05) is 25.1 Å². The molecular formula is C18H21NS2. The van der Waals surface area contributed by atoms with Gasteiger partial charge in [0.2, 0.25) is 0 Å². The summed E-state index contributed by atoms with van der Waals surface area (Å²) in [5.74, 6) is 0. The molecule has 0 bridgehead atoms. The summed E-state index contributed by atoms with van der Waals surface area (Å²) in [6.07, 6.45) is 1.16. The smallest absolute Gasteiger partial charge is 0.0768 e. The van der Waals surface area contributed by atoms with Gasteiger partial charge in [0, 0.05) is 19.3 Å². The molecule has 2 aromatic heterocycles. The van der Waals surface area contributed by atoms with E-state index in [1.807, 2.05) is 22.7 Å². The number of rotatable bonds is 5. The summed E-state index contributed by atoms with van der Waals surface area (Å²) in [5, 5.41) is 5.09. The largest absolute Gasteiger partial charge is 0.305 e. The van der Waals surface area contributed by atoms with Crippen molar-refractivity contribution in [1.82, 2.24) is 5.32 Å². The number of fused-ring (bicyclic) bond motifs is 1. The molecule has 0 amide bonds. The fourth-order valence-corrected chi connectivity index (χ4v) is 5.06.